The monoisotopic (exact) mass is 283 g/mol. The minimum Gasteiger partial charge on any atom is -0.345 e. The number of nitrogens with one attached hydrogen (secondary N) is 1. The predicted molar refractivity (Wildman–Crippen MR) is 76.4 cm³/mol. The largest absolute Gasteiger partial charge is 0.345 e. The summed E-state index contributed by atoms with van der Waals surface area (Å²) in [5.41, 5.74) is 6.40. The topological polar surface area (TPSA) is 75.4 Å². The maximum atomic E-state index is 12.0. The first-order chi connectivity index (χ1) is 8.86. The van der Waals surface area contributed by atoms with E-state index < -0.39 is 6.04 Å². The molecule has 2 amide bonds. The molecule has 1 aromatic carbocycles. The van der Waals surface area contributed by atoms with Crippen LogP contribution in [0.4, 0.5) is 5.69 Å². The van der Waals surface area contributed by atoms with E-state index in [1.807, 2.05) is 6.92 Å². The Morgan fingerprint density at radius 3 is 2.58 bits per heavy atom. The second kappa shape index (κ2) is 6.54. The molecule has 0 aromatic heterocycles. The van der Waals surface area contributed by atoms with Gasteiger partial charge < -0.3 is 16.0 Å². The Morgan fingerprint density at radius 2 is 2.05 bits per heavy atom. The molecule has 0 aliphatic heterocycles. The molecule has 6 heteroatoms. The van der Waals surface area contributed by atoms with Gasteiger partial charge in [-0.15, -0.1) is 0 Å². The van der Waals surface area contributed by atoms with Gasteiger partial charge in [0.2, 0.25) is 5.91 Å². The lowest BCUT2D eigenvalue weighted by atomic mass is 10.1. The molecule has 0 saturated heterocycles. The van der Waals surface area contributed by atoms with E-state index in [9.17, 15) is 9.59 Å². The van der Waals surface area contributed by atoms with Gasteiger partial charge in [0.05, 0.1) is 17.3 Å². The predicted octanol–water partition coefficient (Wildman–Crippen LogP) is 1.72. The van der Waals surface area contributed by atoms with E-state index in [0.717, 1.165) is 0 Å². The van der Waals surface area contributed by atoms with Crippen molar-refractivity contribution in [3.63, 3.8) is 0 Å². The van der Waals surface area contributed by atoms with Crippen molar-refractivity contribution in [3.05, 3.63) is 28.8 Å². The number of benzene rings is 1. The number of rotatable bonds is 4. The number of hydrogen-bond donors (Lipinski definition) is 2. The summed E-state index contributed by atoms with van der Waals surface area (Å²) in [6, 6.07) is 4.12. The highest BCUT2D eigenvalue weighted by Gasteiger charge is 2.18. The number of anilines is 1. The molecule has 1 atom stereocenters. The molecule has 0 radical (unpaired) electrons. The zero-order valence-electron chi connectivity index (χ0n) is 11.2. The molecule has 1 aromatic rings. The van der Waals surface area contributed by atoms with E-state index >= 15 is 0 Å². The van der Waals surface area contributed by atoms with Crippen LogP contribution in [0.25, 0.3) is 0 Å². The molecule has 0 saturated carbocycles. The third-order valence-electron chi connectivity index (χ3n) is 2.65. The fraction of sp³-hybridized carbons (Fsp3) is 0.385. The first-order valence-electron chi connectivity index (χ1n) is 5.94. The van der Waals surface area contributed by atoms with Crippen molar-refractivity contribution >= 4 is 29.1 Å². The Labute approximate surface area is 117 Å². The van der Waals surface area contributed by atoms with Crippen LogP contribution in [0.5, 0.6) is 0 Å². The summed E-state index contributed by atoms with van der Waals surface area (Å²) in [4.78, 5) is 25.2. The molecule has 0 heterocycles. The number of nitrogens with two attached hydrogens (primary N) is 1. The quantitative estimate of drug-likeness (QED) is 0.883. The highest BCUT2D eigenvalue weighted by Crippen LogP contribution is 2.22. The lowest BCUT2D eigenvalue weighted by Gasteiger charge is -2.16. The smallest absolute Gasteiger partial charge is 0.255 e. The third-order valence-corrected chi connectivity index (χ3v) is 2.89. The number of carbonyl (C=O) groups is 2. The van der Waals surface area contributed by atoms with Crippen molar-refractivity contribution in [1.29, 1.82) is 0 Å². The van der Waals surface area contributed by atoms with Crippen LogP contribution in [-0.4, -0.2) is 36.9 Å². The normalized spacial score (nSPS) is 11.8. The maximum absolute atomic E-state index is 12.0. The highest BCUT2D eigenvalue weighted by atomic mass is 35.5. The van der Waals surface area contributed by atoms with Gasteiger partial charge in [0.1, 0.15) is 0 Å². The van der Waals surface area contributed by atoms with Crippen molar-refractivity contribution in [1.82, 2.24) is 4.90 Å². The summed E-state index contributed by atoms with van der Waals surface area (Å²) >= 11 is 5.89. The molecule has 104 valence electrons. The van der Waals surface area contributed by atoms with E-state index in [0.29, 0.717) is 22.7 Å². The van der Waals surface area contributed by atoms with Gasteiger partial charge in [0.15, 0.2) is 0 Å². The van der Waals surface area contributed by atoms with Crippen molar-refractivity contribution in [2.45, 2.75) is 19.4 Å². The average molecular weight is 284 g/mol. The van der Waals surface area contributed by atoms with Gasteiger partial charge in [-0.25, -0.2) is 0 Å². The van der Waals surface area contributed by atoms with Crippen LogP contribution in [0, 0.1) is 0 Å². The number of halogens is 1. The fourth-order valence-corrected chi connectivity index (χ4v) is 1.63. The van der Waals surface area contributed by atoms with Crippen molar-refractivity contribution in [2.75, 3.05) is 19.4 Å². The molecule has 0 aliphatic rings. The van der Waals surface area contributed by atoms with Crippen LogP contribution in [0.1, 0.15) is 23.7 Å². The van der Waals surface area contributed by atoms with Gasteiger partial charge in [0.25, 0.3) is 5.91 Å². The number of hydrogen-bond acceptors (Lipinski definition) is 3. The molecule has 1 rings (SSSR count). The molecule has 0 spiro atoms. The summed E-state index contributed by atoms with van der Waals surface area (Å²) in [5.74, 6) is -0.547. The Balaban J connectivity index is 3.08. The Kier molecular flexibility index (Phi) is 5.32. The lowest BCUT2D eigenvalue weighted by Crippen LogP contribution is -2.35. The molecule has 0 bridgehead atoms. The highest BCUT2D eigenvalue weighted by molar-refractivity contribution is 6.31. The summed E-state index contributed by atoms with van der Waals surface area (Å²) in [7, 11) is 3.28. The van der Waals surface area contributed by atoms with Crippen molar-refractivity contribution in [3.8, 4) is 0 Å². The van der Waals surface area contributed by atoms with Crippen molar-refractivity contribution < 1.29 is 9.59 Å². The summed E-state index contributed by atoms with van der Waals surface area (Å²) < 4.78 is 0. The molecule has 0 fully saturated rings. The Hall–Kier alpha value is -1.59. The van der Waals surface area contributed by atoms with E-state index in [2.05, 4.69) is 5.32 Å². The Morgan fingerprint density at radius 1 is 1.42 bits per heavy atom. The second-order valence-electron chi connectivity index (χ2n) is 4.39. The van der Waals surface area contributed by atoms with Gasteiger partial charge in [-0.2, -0.15) is 0 Å². The maximum Gasteiger partial charge on any atom is 0.255 e. The zero-order chi connectivity index (χ0) is 14.6. The number of nitrogens with zero attached hydrogens (tertiary/aromatic N) is 1. The molecular weight excluding hydrogens is 266 g/mol. The molecule has 3 N–H and O–H groups in total. The van der Waals surface area contributed by atoms with Gasteiger partial charge in [-0.05, 0) is 24.6 Å². The first kappa shape index (κ1) is 15.5. The minimum absolute atomic E-state index is 0.211. The second-order valence-corrected chi connectivity index (χ2v) is 4.83. The van der Waals surface area contributed by atoms with Gasteiger partial charge >= 0.3 is 0 Å². The first-order valence-corrected chi connectivity index (χ1v) is 6.32. The van der Waals surface area contributed by atoms with Gasteiger partial charge in [-0.3, -0.25) is 9.59 Å². The molecule has 5 nitrogen and oxygen atoms in total. The molecule has 0 aliphatic carbocycles. The van der Waals surface area contributed by atoms with E-state index in [1.54, 1.807) is 32.3 Å². The lowest BCUT2D eigenvalue weighted by molar-refractivity contribution is -0.117. The zero-order valence-corrected chi connectivity index (χ0v) is 12.0. The van der Waals surface area contributed by atoms with E-state index in [-0.39, 0.29) is 11.8 Å². The molecule has 19 heavy (non-hydrogen) atoms. The summed E-state index contributed by atoms with van der Waals surface area (Å²) in [5, 5.41) is 3.08. The number of carbonyl (C=O) groups excluding carboxylic acids is 2. The number of amides is 2. The SMILES string of the molecule is CC[C@H](N)C(=O)Nc1cc(Cl)ccc1C(=O)N(C)C. The van der Waals surface area contributed by atoms with Crippen LogP contribution in [0.2, 0.25) is 5.02 Å². The molecular formula is C13H18ClN3O2. The van der Waals surface area contributed by atoms with Crippen LogP contribution < -0.4 is 11.1 Å². The average Bonchev–Trinajstić information content (AvgIpc) is 2.37. The van der Waals surface area contributed by atoms with Crippen LogP contribution in [-0.2, 0) is 4.79 Å². The van der Waals surface area contributed by atoms with E-state index in [4.69, 9.17) is 17.3 Å². The van der Waals surface area contributed by atoms with Crippen LogP contribution >= 0.6 is 11.6 Å². The minimum atomic E-state index is -0.610. The summed E-state index contributed by atoms with van der Waals surface area (Å²) in [6.07, 6.45) is 0.517. The van der Waals surface area contributed by atoms with Crippen LogP contribution in [0.15, 0.2) is 18.2 Å². The Bertz CT molecular complexity index is 489. The summed E-state index contributed by atoms with van der Waals surface area (Å²) in [6.45, 7) is 1.81. The standard InChI is InChI=1S/C13H18ClN3O2/c1-4-10(15)12(18)16-11-7-8(14)5-6-9(11)13(19)17(2)3/h5-7,10H,4,15H2,1-3H3,(H,16,18)/t10-/m0/s1. The third kappa shape index (κ3) is 3.94. The fourth-order valence-electron chi connectivity index (χ4n) is 1.46. The van der Waals surface area contributed by atoms with E-state index in [1.165, 1.54) is 4.90 Å². The van der Waals surface area contributed by atoms with Gasteiger partial charge in [-0.1, -0.05) is 18.5 Å². The van der Waals surface area contributed by atoms with Gasteiger partial charge in [0, 0.05) is 19.1 Å². The van der Waals surface area contributed by atoms with Crippen molar-refractivity contribution in [2.24, 2.45) is 5.73 Å². The van der Waals surface area contributed by atoms with Crippen LogP contribution in [0.3, 0.4) is 0 Å². The molecule has 0 unspecified atom stereocenters.